The summed E-state index contributed by atoms with van der Waals surface area (Å²) in [6.07, 6.45) is 1.38. The molecule has 0 aliphatic carbocycles. The highest BCUT2D eigenvalue weighted by atomic mass is 35.5. The predicted molar refractivity (Wildman–Crippen MR) is 102 cm³/mol. The van der Waals surface area contributed by atoms with Crippen LogP contribution in [-0.2, 0) is 11.2 Å². The van der Waals surface area contributed by atoms with Crippen molar-refractivity contribution in [2.24, 2.45) is 5.92 Å². The highest BCUT2D eigenvalue weighted by molar-refractivity contribution is 7.20. The van der Waals surface area contributed by atoms with E-state index in [0.29, 0.717) is 12.3 Å². The molecule has 3 rings (SSSR count). The second-order valence-corrected chi connectivity index (χ2v) is 7.25. The molecule has 128 valence electrons. The topological polar surface area (TPSA) is 54.0 Å². The van der Waals surface area contributed by atoms with E-state index >= 15 is 0 Å². The first-order valence-electron chi connectivity index (χ1n) is 7.21. The fourth-order valence-electron chi connectivity index (χ4n) is 2.55. The normalized spacial score (nSPS) is 20.2. The van der Waals surface area contributed by atoms with Gasteiger partial charge in [0.2, 0.25) is 5.91 Å². The minimum absolute atomic E-state index is 0. The lowest BCUT2D eigenvalue weighted by Gasteiger charge is -2.30. The second kappa shape index (κ2) is 9.59. The Balaban J connectivity index is 0.00000132. The van der Waals surface area contributed by atoms with Gasteiger partial charge in [-0.25, -0.2) is 4.98 Å². The fraction of sp³-hybridized carbons (Fsp3) is 0.467. The summed E-state index contributed by atoms with van der Waals surface area (Å²) in [6.45, 7) is 4.13. The van der Waals surface area contributed by atoms with E-state index in [1.165, 1.54) is 4.88 Å². The van der Waals surface area contributed by atoms with Gasteiger partial charge in [-0.1, -0.05) is 13.0 Å². The molecule has 1 aliphatic rings. The van der Waals surface area contributed by atoms with Crippen molar-refractivity contribution in [1.29, 1.82) is 0 Å². The molecule has 1 aliphatic heterocycles. The number of nitrogens with one attached hydrogen (secondary N) is 2. The molecule has 23 heavy (non-hydrogen) atoms. The van der Waals surface area contributed by atoms with Crippen molar-refractivity contribution in [3.63, 3.8) is 0 Å². The van der Waals surface area contributed by atoms with Crippen LogP contribution in [0.2, 0.25) is 0 Å². The smallest absolute Gasteiger partial charge is 0.226 e. The van der Waals surface area contributed by atoms with Gasteiger partial charge in [0.25, 0.3) is 0 Å². The van der Waals surface area contributed by atoms with Crippen LogP contribution in [0.3, 0.4) is 0 Å². The molecule has 4 nitrogen and oxygen atoms in total. The lowest BCUT2D eigenvalue weighted by Crippen LogP contribution is -2.48. The summed E-state index contributed by atoms with van der Waals surface area (Å²) in [4.78, 5) is 17.9. The number of thiophene rings is 1. The maximum atomic E-state index is 12.2. The highest BCUT2D eigenvalue weighted by Gasteiger charge is 2.22. The molecule has 0 radical (unpaired) electrons. The van der Waals surface area contributed by atoms with Crippen molar-refractivity contribution in [3.8, 4) is 9.88 Å². The minimum atomic E-state index is 0. The lowest BCUT2D eigenvalue weighted by molar-refractivity contribution is -0.121. The molecule has 8 heteroatoms. The molecule has 0 spiro atoms. The number of carbonyl (C=O) groups excluding carboxylic acids is 1. The zero-order chi connectivity index (χ0) is 14.7. The largest absolute Gasteiger partial charge is 0.353 e. The average Bonchev–Trinajstić information content (AvgIpc) is 3.12. The standard InChI is InChI=1S/C15H19N3OS2.2ClH/c1-10-8-16-5-4-12(10)18-14(19)7-11-9-21-15(17-11)13-3-2-6-20-13;;/h2-3,6,9-10,12,16H,4-5,7-8H2,1H3,(H,18,19);2*1H. The molecule has 1 fully saturated rings. The van der Waals surface area contributed by atoms with Crippen LogP contribution in [0.4, 0.5) is 0 Å². The van der Waals surface area contributed by atoms with Crippen molar-refractivity contribution < 1.29 is 4.79 Å². The summed E-state index contributed by atoms with van der Waals surface area (Å²) in [5.41, 5.74) is 0.863. The Hall–Kier alpha value is -0.660. The first-order valence-corrected chi connectivity index (χ1v) is 8.96. The van der Waals surface area contributed by atoms with Crippen LogP contribution in [0.25, 0.3) is 9.88 Å². The molecule has 0 aromatic carbocycles. The Morgan fingerprint density at radius 3 is 2.96 bits per heavy atom. The van der Waals surface area contributed by atoms with E-state index in [1.54, 1.807) is 22.7 Å². The Bertz CT molecular complexity index is 604. The molecule has 1 amide bonds. The van der Waals surface area contributed by atoms with Gasteiger partial charge in [-0.3, -0.25) is 4.79 Å². The number of hydrogen-bond acceptors (Lipinski definition) is 5. The summed E-state index contributed by atoms with van der Waals surface area (Å²) in [5.74, 6) is 0.566. The molecule has 0 bridgehead atoms. The van der Waals surface area contributed by atoms with Gasteiger partial charge in [0.1, 0.15) is 5.01 Å². The first-order chi connectivity index (χ1) is 10.2. The van der Waals surface area contributed by atoms with Crippen molar-refractivity contribution >= 4 is 53.4 Å². The minimum Gasteiger partial charge on any atom is -0.353 e. The third kappa shape index (κ3) is 5.43. The van der Waals surface area contributed by atoms with E-state index in [0.717, 1.165) is 30.2 Å². The van der Waals surface area contributed by atoms with Crippen LogP contribution in [0.15, 0.2) is 22.9 Å². The van der Waals surface area contributed by atoms with Crippen LogP contribution in [0.5, 0.6) is 0 Å². The molecular weight excluding hydrogens is 373 g/mol. The molecule has 2 N–H and O–H groups in total. The van der Waals surface area contributed by atoms with Gasteiger partial charge < -0.3 is 10.6 Å². The summed E-state index contributed by atoms with van der Waals surface area (Å²) < 4.78 is 0. The number of nitrogens with zero attached hydrogens (tertiary/aromatic N) is 1. The number of halogens is 2. The van der Waals surface area contributed by atoms with Crippen LogP contribution < -0.4 is 10.6 Å². The molecular formula is C15H21Cl2N3OS2. The number of aromatic nitrogens is 1. The Morgan fingerprint density at radius 1 is 1.43 bits per heavy atom. The average molecular weight is 394 g/mol. The van der Waals surface area contributed by atoms with Gasteiger partial charge in [0.05, 0.1) is 17.0 Å². The Morgan fingerprint density at radius 2 is 2.26 bits per heavy atom. The molecule has 1 saturated heterocycles. The quantitative estimate of drug-likeness (QED) is 0.836. The summed E-state index contributed by atoms with van der Waals surface area (Å²) in [5, 5.41) is 11.5. The fourth-order valence-corrected chi connectivity index (χ4v) is 4.19. The van der Waals surface area contributed by atoms with Crippen molar-refractivity contribution in [2.45, 2.75) is 25.8 Å². The zero-order valence-electron chi connectivity index (χ0n) is 12.8. The zero-order valence-corrected chi connectivity index (χ0v) is 16.0. The number of hydrogen-bond donors (Lipinski definition) is 2. The molecule has 2 aromatic heterocycles. The van der Waals surface area contributed by atoms with Gasteiger partial charge in [-0.05, 0) is 36.9 Å². The second-order valence-electron chi connectivity index (χ2n) is 5.44. The highest BCUT2D eigenvalue weighted by Crippen LogP contribution is 2.27. The molecule has 0 saturated carbocycles. The number of piperidine rings is 1. The maximum absolute atomic E-state index is 12.2. The SMILES string of the molecule is CC1CNCCC1NC(=O)Cc1csc(-c2cccs2)n1.Cl.Cl. The first kappa shape index (κ1) is 20.4. The van der Waals surface area contributed by atoms with Crippen LogP contribution >= 0.6 is 47.5 Å². The maximum Gasteiger partial charge on any atom is 0.226 e. The molecule has 3 heterocycles. The van der Waals surface area contributed by atoms with Crippen molar-refractivity contribution in [1.82, 2.24) is 15.6 Å². The van der Waals surface area contributed by atoms with Crippen LogP contribution in [-0.4, -0.2) is 30.0 Å². The Labute approximate surface area is 156 Å². The summed E-state index contributed by atoms with van der Waals surface area (Å²) >= 11 is 3.28. The third-order valence-corrected chi connectivity index (χ3v) is 5.69. The van der Waals surface area contributed by atoms with Gasteiger partial charge in [0, 0.05) is 11.4 Å². The number of thiazole rings is 1. The lowest BCUT2D eigenvalue weighted by atomic mass is 9.95. The predicted octanol–water partition coefficient (Wildman–Crippen LogP) is 3.37. The van der Waals surface area contributed by atoms with Gasteiger partial charge in [-0.2, -0.15) is 0 Å². The molecule has 2 unspecified atom stereocenters. The number of rotatable bonds is 4. The van der Waals surface area contributed by atoms with Gasteiger partial charge >= 0.3 is 0 Å². The van der Waals surface area contributed by atoms with Gasteiger partial charge in [-0.15, -0.1) is 47.5 Å². The van der Waals surface area contributed by atoms with E-state index < -0.39 is 0 Å². The van der Waals surface area contributed by atoms with E-state index in [2.05, 4.69) is 28.6 Å². The van der Waals surface area contributed by atoms with E-state index in [9.17, 15) is 4.79 Å². The monoisotopic (exact) mass is 393 g/mol. The summed E-state index contributed by atoms with van der Waals surface area (Å²) in [7, 11) is 0. The van der Waals surface area contributed by atoms with E-state index in [-0.39, 0.29) is 36.8 Å². The van der Waals surface area contributed by atoms with Crippen LogP contribution in [0.1, 0.15) is 19.0 Å². The van der Waals surface area contributed by atoms with E-state index in [1.807, 2.05) is 16.8 Å². The third-order valence-electron chi connectivity index (χ3n) is 3.76. The molecule has 2 aromatic rings. The van der Waals surface area contributed by atoms with Crippen molar-refractivity contribution in [3.05, 3.63) is 28.6 Å². The number of carbonyl (C=O) groups is 1. The Kier molecular flexibility index (Phi) is 8.50. The van der Waals surface area contributed by atoms with Gasteiger partial charge in [0.15, 0.2) is 0 Å². The molecule has 2 atom stereocenters. The summed E-state index contributed by atoms with van der Waals surface area (Å²) in [6, 6.07) is 4.37. The van der Waals surface area contributed by atoms with Crippen molar-refractivity contribution in [2.75, 3.05) is 13.1 Å². The van der Waals surface area contributed by atoms with Crippen LogP contribution in [0, 0.1) is 5.92 Å². The number of amides is 1. The van der Waals surface area contributed by atoms with E-state index in [4.69, 9.17) is 0 Å².